The van der Waals surface area contributed by atoms with Crippen molar-refractivity contribution in [2.45, 2.75) is 19.3 Å². The summed E-state index contributed by atoms with van der Waals surface area (Å²) in [5.74, 6) is -0.216. The lowest BCUT2D eigenvalue weighted by atomic mass is 9.90. The fourth-order valence-electron chi connectivity index (χ4n) is 3.88. The lowest BCUT2D eigenvalue weighted by molar-refractivity contribution is -0.139. The molecule has 0 bridgehead atoms. The Hall–Kier alpha value is -2.01. The number of nitrogens with zero attached hydrogens (tertiary/aromatic N) is 1. The van der Waals surface area contributed by atoms with Crippen molar-refractivity contribution >= 4 is 29.6 Å². The van der Waals surface area contributed by atoms with Crippen LogP contribution >= 0.6 is 11.6 Å². The molecule has 1 N–H and O–H groups in total. The van der Waals surface area contributed by atoms with Crippen LogP contribution in [0.4, 0.5) is 0 Å². The molecule has 2 aliphatic heterocycles. The van der Waals surface area contributed by atoms with Crippen LogP contribution in [0.1, 0.15) is 24.8 Å². The molecule has 1 aromatic carbocycles. The number of hydrogen-bond donors (Lipinski definition) is 1. The normalized spacial score (nSPS) is 24.0. The van der Waals surface area contributed by atoms with Crippen LogP contribution in [0, 0.1) is 11.3 Å². The third-order valence-corrected chi connectivity index (χ3v) is 5.73. The van der Waals surface area contributed by atoms with Crippen molar-refractivity contribution in [2.24, 2.45) is 11.3 Å². The Kier molecular flexibility index (Phi) is 3.57. The van der Waals surface area contributed by atoms with Gasteiger partial charge in [0.25, 0.3) is 5.91 Å². The Bertz CT molecular complexity index is 749. The number of hydrogen-bond acceptors (Lipinski definition) is 3. The van der Waals surface area contributed by atoms with Crippen molar-refractivity contribution in [2.75, 3.05) is 19.7 Å². The molecule has 1 saturated carbocycles. The number of carboxylic acids is 1. The summed E-state index contributed by atoms with van der Waals surface area (Å²) >= 11 is 6.00. The first-order chi connectivity index (χ1) is 11.5. The zero-order chi connectivity index (χ0) is 16.9. The summed E-state index contributed by atoms with van der Waals surface area (Å²) in [5, 5.41) is 9.76. The van der Waals surface area contributed by atoms with Crippen LogP contribution in [-0.2, 0) is 9.59 Å². The molecule has 2 fully saturated rings. The molecule has 24 heavy (non-hydrogen) atoms. The maximum atomic E-state index is 12.7. The molecule has 0 aromatic heterocycles. The van der Waals surface area contributed by atoms with Crippen molar-refractivity contribution in [3.63, 3.8) is 0 Å². The van der Waals surface area contributed by atoms with E-state index in [0.717, 1.165) is 30.6 Å². The van der Waals surface area contributed by atoms with E-state index in [1.807, 2.05) is 11.0 Å². The van der Waals surface area contributed by atoms with E-state index in [0.29, 0.717) is 23.7 Å². The van der Waals surface area contributed by atoms with Gasteiger partial charge in [-0.25, -0.2) is 0 Å². The molecule has 1 aromatic rings. The number of benzene rings is 1. The summed E-state index contributed by atoms with van der Waals surface area (Å²) in [6.07, 6.45) is 4.13. The van der Waals surface area contributed by atoms with Crippen molar-refractivity contribution in [1.29, 1.82) is 0 Å². The summed E-state index contributed by atoms with van der Waals surface area (Å²) in [5.41, 5.74) is 1.37. The molecule has 1 unspecified atom stereocenters. The third-order valence-electron chi connectivity index (χ3n) is 5.49. The number of amides is 1. The van der Waals surface area contributed by atoms with Gasteiger partial charge in [-0.05, 0) is 49.0 Å². The largest absolute Gasteiger partial charge is 0.488 e. The highest BCUT2D eigenvalue weighted by atomic mass is 35.5. The molecule has 2 heterocycles. The van der Waals surface area contributed by atoms with E-state index in [-0.39, 0.29) is 23.8 Å². The molecule has 1 aliphatic carbocycles. The van der Waals surface area contributed by atoms with E-state index in [1.54, 1.807) is 18.2 Å². The van der Waals surface area contributed by atoms with E-state index in [2.05, 4.69) is 0 Å². The van der Waals surface area contributed by atoms with Gasteiger partial charge in [-0.15, -0.1) is 0 Å². The quantitative estimate of drug-likeness (QED) is 0.893. The zero-order valence-electron chi connectivity index (χ0n) is 13.1. The summed E-state index contributed by atoms with van der Waals surface area (Å²) in [4.78, 5) is 25.7. The summed E-state index contributed by atoms with van der Waals surface area (Å²) in [7, 11) is 0. The molecule has 126 valence electrons. The number of aliphatic carboxylic acids is 1. The Morgan fingerprint density at radius 1 is 1.29 bits per heavy atom. The topological polar surface area (TPSA) is 66.8 Å². The van der Waals surface area contributed by atoms with Gasteiger partial charge in [-0.1, -0.05) is 11.6 Å². The lowest BCUT2D eigenvalue weighted by Gasteiger charge is -2.33. The predicted molar refractivity (Wildman–Crippen MR) is 88.9 cm³/mol. The standard InChI is InChI=1S/C18H18ClNO4/c19-13-1-2-15-11(8-13)7-12(10-24-15)16(21)20-5-3-18(4-6-20)9-14(18)17(22)23/h1-2,7-8,14H,3-6,9-10H2,(H,22,23). The number of piperidine rings is 1. The van der Waals surface area contributed by atoms with Crippen LogP contribution in [0.2, 0.25) is 5.02 Å². The molecular weight excluding hydrogens is 330 g/mol. The SMILES string of the molecule is O=C(O)C1CC12CCN(C(=O)C1=Cc3cc(Cl)ccc3OC1)CC2. The van der Waals surface area contributed by atoms with Crippen molar-refractivity contribution < 1.29 is 19.4 Å². The van der Waals surface area contributed by atoms with Gasteiger partial charge in [0.15, 0.2) is 0 Å². The maximum Gasteiger partial charge on any atom is 0.307 e. The molecule has 0 radical (unpaired) electrons. The molecule has 4 rings (SSSR count). The van der Waals surface area contributed by atoms with Gasteiger partial charge in [0.2, 0.25) is 0 Å². The monoisotopic (exact) mass is 347 g/mol. The third kappa shape index (κ3) is 2.57. The molecule has 1 amide bonds. The van der Waals surface area contributed by atoms with E-state index in [9.17, 15) is 9.59 Å². The highest BCUT2D eigenvalue weighted by Gasteiger charge is 2.59. The number of rotatable bonds is 2. The Morgan fingerprint density at radius 2 is 2.04 bits per heavy atom. The number of fused-ring (bicyclic) bond motifs is 1. The first-order valence-electron chi connectivity index (χ1n) is 8.13. The van der Waals surface area contributed by atoms with Crippen LogP contribution in [0.25, 0.3) is 6.08 Å². The zero-order valence-corrected chi connectivity index (χ0v) is 13.9. The van der Waals surface area contributed by atoms with Crippen LogP contribution in [0.15, 0.2) is 23.8 Å². The molecule has 5 nitrogen and oxygen atoms in total. The van der Waals surface area contributed by atoms with Crippen molar-refractivity contribution in [3.8, 4) is 5.75 Å². The number of likely N-dealkylation sites (tertiary alicyclic amines) is 1. The minimum atomic E-state index is -0.702. The number of halogens is 1. The fourth-order valence-corrected chi connectivity index (χ4v) is 4.06. The Morgan fingerprint density at radius 3 is 2.71 bits per heavy atom. The average molecular weight is 348 g/mol. The molecule has 1 atom stereocenters. The van der Waals surface area contributed by atoms with Gasteiger partial charge < -0.3 is 14.7 Å². The van der Waals surface area contributed by atoms with E-state index >= 15 is 0 Å². The van der Waals surface area contributed by atoms with Crippen molar-refractivity contribution in [1.82, 2.24) is 4.90 Å². The van der Waals surface area contributed by atoms with Gasteiger partial charge in [0.05, 0.1) is 11.5 Å². The second-order valence-corrected chi connectivity index (χ2v) is 7.33. The molecule has 3 aliphatic rings. The van der Waals surface area contributed by atoms with Gasteiger partial charge in [-0.2, -0.15) is 0 Å². The van der Waals surface area contributed by atoms with Crippen molar-refractivity contribution in [3.05, 3.63) is 34.4 Å². The van der Waals surface area contributed by atoms with Gasteiger partial charge in [0.1, 0.15) is 12.4 Å². The van der Waals surface area contributed by atoms with E-state index < -0.39 is 5.97 Å². The second kappa shape index (κ2) is 5.52. The van der Waals surface area contributed by atoms with Gasteiger partial charge in [0, 0.05) is 23.7 Å². The van der Waals surface area contributed by atoms with Gasteiger partial charge >= 0.3 is 5.97 Å². The fraction of sp³-hybridized carbons (Fsp3) is 0.444. The second-order valence-electron chi connectivity index (χ2n) is 6.89. The number of ether oxygens (including phenoxy) is 1. The minimum absolute atomic E-state index is 0.0250. The van der Waals surface area contributed by atoms with Crippen LogP contribution in [0.5, 0.6) is 5.75 Å². The molecular formula is C18H18ClNO4. The maximum absolute atomic E-state index is 12.7. The van der Waals surface area contributed by atoms with E-state index in [1.165, 1.54) is 0 Å². The molecule has 6 heteroatoms. The van der Waals surface area contributed by atoms with Crippen LogP contribution < -0.4 is 4.74 Å². The molecule has 1 spiro atoms. The summed E-state index contributed by atoms with van der Waals surface area (Å²) in [6.45, 7) is 1.48. The smallest absolute Gasteiger partial charge is 0.307 e. The van der Waals surface area contributed by atoms with E-state index in [4.69, 9.17) is 21.4 Å². The lowest BCUT2D eigenvalue weighted by Crippen LogP contribution is -2.41. The van der Waals surface area contributed by atoms with Gasteiger partial charge in [-0.3, -0.25) is 9.59 Å². The highest BCUT2D eigenvalue weighted by molar-refractivity contribution is 6.30. The minimum Gasteiger partial charge on any atom is -0.488 e. The number of carbonyl (C=O) groups excluding carboxylic acids is 1. The first-order valence-corrected chi connectivity index (χ1v) is 8.51. The summed E-state index contributed by atoms with van der Waals surface area (Å²) in [6, 6.07) is 5.36. The Balaban J connectivity index is 1.45. The predicted octanol–water partition coefficient (Wildman–Crippen LogP) is 2.83. The average Bonchev–Trinajstić information content (AvgIpc) is 3.28. The van der Waals surface area contributed by atoms with Crippen LogP contribution in [0.3, 0.4) is 0 Å². The number of carbonyl (C=O) groups is 2. The highest BCUT2D eigenvalue weighted by Crippen LogP contribution is 2.59. The van der Waals surface area contributed by atoms with Crippen LogP contribution in [-0.4, -0.2) is 41.6 Å². The summed E-state index contributed by atoms with van der Waals surface area (Å²) < 4.78 is 5.65. The Labute approximate surface area is 144 Å². The number of carboxylic acid groups (broad SMARTS) is 1. The first kappa shape index (κ1) is 15.5. The molecule has 1 saturated heterocycles.